The van der Waals surface area contributed by atoms with Gasteiger partial charge in [0.15, 0.2) is 0 Å². The minimum Gasteiger partial charge on any atom is -0.310 e. The Morgan fingerprint density at radius 2 is 0.529 bits per heavy atom. The summed E-state index contributed by atoms with van der Waals surface area (Å²) in [6, 6.07) is 96.0. The first kappa shape index (κ1) is 57.7. The number of aromatic nitrogens is 1. The van der Waals surface area contributed by atoms with Crippen LogP contribution < -0.4 is 9.80 Å². The van der Waals surface area contributed by atoms with Crippen LogP contribution in [-0.4, -0.2) is 4.57 Å². The number of fused-ring (bicyclic) bond motifs is 3. The zero-order valence-electron chi connectivity index (χ0n) is 52.5. The number of hydrogen-bond donors (Lipinski definition) is 0. The lowest BCUT2D eigenvalue weighted by Gasteiger charge is -2.28. The molecule has 12 rings (SSSR count). The van der Waals surface area contributed by atoms with Gasteiger partial charge in [0.05, 0.1) is 22.3 Å². The van der Waals surface area contributed by atoms with E-state index in [1.165, 1.54) is 22.3 Å². The third kappa shape index (κ3) is 11.2. The number of benzene rings is 11. The molecule has 0 unspecified atom stereocenters. The molecule has 0 saturated heterocycles. The zero-order valence-corrected chi connectivity index (χ0v) is 52.5. The molecule has 4 nitrogen and oxygen atoms in total. The van der Waals surface area contributed by atoms with Crippen molar-refractivity contribution >= 4 is 55.9 Å². The van der Waals surface area contributed by atoms with Gasteiger partial charge in [-0.1, -0.05) is 253 Å². The van der Waals surface area contributed by atoms with E-state index in [0.29, 0.717) is 5.56 Å². The van der Waals surface area contributed by atoms with Crippen LogP contribution in [0.15, 0.2) is 255 Å². The van der Waals surface area contributed by atoms with E-state index in [4.69, 9.17) is 0 Å². The van der Waals surface area contributed by atoms with Crippen LogP contribution in [0.5, 0.6) is 0 Å². The van der Waals surface area contributed by atoms with E-state index in [1.54, 1.807) is 0 Å². The SMILES string of the molecule is CC(C)(C)c1ccc(N(c2ccc(C(C)(C)C)cc2)c2ccc3c(c2)c2cc(N(c4ccc(C(C)(C)C)cc4)c4ccc(C(C)(C)C)cc4)ccc2n3-c2c(-c3ccccc3)c(-c3ccccc3)c(C#N)c(-c3ccccc3)c2-c2ccccc2)cc1. The predicted octanol–water partition coefficient (Wildman–Crippen LogP) is 23.5. The van der Waals surface area contributed by atoms with Crippen molar-refractivity contribution in [3.05, 3.63) is 283 Å². The molecular weight excluding hydrogens is 1050 g/mol. The van der Waals surface area contributed by atoms with E-state index in [-0.39, 0.29) is 21.7 Å². The maximum Gasteiger partial charge on any atom is 0.100 e. The Bertz CT molecular complexity index is 4070. The second-order valence-electron chi connectivity index (χ2n) is 27.4. The van der Waals surface area contributed by atoms with Crippen LogP contribution in [0.1, 0.15) is 111 Å². The Morgan fingerprint density at radius 1 is 0.287 bits per heavy atom. The third-order valence-electron chi connectivity index (χ3n) is 17.3. The number of anilines is 6. The van der Waals surface area contributed by atoms with Crippen molar-refractivity contribution in [2.45, 2.75) is 105 Å². The molecule has 0 amide bonds. The molecule has 0 fully saturated rings. The highest BCUT2D eigenvalue weighted by atomic mass is 15.2. The molecule has 0 spiro atoms. The van der Waals surface area contributed by atoms with Crippen molar-refractivity contribution in [1.82, 2.24) is 4.57 Å². The molecule has 12 aromatic rings. The average Bonchev–Trinajstić information content (AvgIpc) is 1.72. The first-order chi connectivity index (χ1) is 41.7. The van der Waals surface area contributed by atoms with Crippen LogP contribution in [0.2, 0.25) is 0 Å². The van der Waals surface area contributed by atoms with Gasteiger partial charge in [0, 0.05) is 67.2 Å². The average molecular weight is 1130 g/mol. The third-order valence-corrected chi connectivity index (χ3v) is 17.3. The van der Waals surface area contributed by atoms with Crippen molar-refractivity contribution < 1.29 is 0 Å². The number of nitriles is 1. The molecule has 0 aliphatic heterocycles. The summed E-state index contributed by atoms with van der Waals surface area (Å²) in [7, 11) is 0. The Morgan fingerprint density at radius 3 is 0.770 bits per heavy atom. The maximum atomic E-state index is 11.9. The van der Waals surface area contributed by atoms with Gasteiger partial charge in [-0.2, -0.15) is 5.26 Å². The summed E-state index contributed by atoms with van der Waals surface area (Å²) in [6.07, 6.45) is 0. The topological polar surface area (TPSA) is 35.2 Å². The fourth-order valence-corrected chi connectivity index (χ4v) is 12.5. The first-order valence-electron chi connectivity index (χ1n) is 30.6. The lowest BCUT2D eigenvalue weighted by Crippen LogP contribution is -2.14. The summed E-state index contributed by atoms with van der Waals surface area (Å²) >= 11 is 0. The summed E-state index contributed by atoms with van der Waals surface area (Å²) in [5.74, 6) is 0. The summed E-state index contributed by atoms with van der Waals surface area (Å²) in [5, 5.41) is 14.1. The molecule has 0 aliphatic carbocycles. The fourth-order valence-electron chi connectivity index (χ4n) is 12.5. The fraction of sp³-hybridized carbons (Fsp3) is 0.193. The summed E-state index contributed by atoms with van der Waals surface area (Å²) in [4.78, 5) is 4.83. The highest BCUT2D eigenvalue weighted by Crippen LogP contribution is 2.53. The van der Waals surface area contributed by atoms with Gasteiger partial charge in [0.2, 0.25) is 0 Å². The molecule has 0 radical (unpaired) electrons. The highest BCUT2D eigenvalue weighted by molar-refractivity contribution is 6.15. The van der Waals surface area contributed by atoms with Gasteiger partial charge in [-0.05, 0) is 151 Å². The van der Waals surface area contributed by atoms with Crippen molar-refractivity contribution in [3.63, 3.8) is 0 Å². The Kier molecular flexibility index (Phi) is 15.0. The van der Waals surface area contributed by atoms with Crippen LogP contribution in [0.25, 0.3) is 72.0 Å². The van der Waals surface area contributed by atoms with E-state index in [9.17, 15) is 5.26 Å². The molecule has 0 aliphatic rings. The Balaban J connectivity index is 1.25. The van der Waals surface area contributed by atoms with Crippen LogP contribution in [0.3, 0.4) is 0 Å². The largest absolute Gasteiger partial charge is 0.310 e. The minimum atomic E-state index is -0.0172. The van der Waals surface area contributed by atoms with Gasteiger partial charge in [-0.15, -0.1) is 0 Å². The van der Waals surface area contributed by atoms with Crippen LogP contribution in [-0.2, 0) is 21.7 Å². The Hall–Kier alpha value is -9.69. The van der Waals surface area contributed by atoms with Gasteiger partial charge in [0.25, 0.3) is 0 Å². The van der Waals surface area contributed by atoms with Crippen LogP contribution >= 0.6 is 0 Å². The smallest absolute Gasteiger partial charge is 0.100 e. The van der Waals surface area contributed by atoms with E-state index in [2.05, 4.69) is 358 Å². The van der Waals surface area contributed by atoms with E-state index < -0.39 is 0 Å². The molecule has 0 bridgehead atoms. The quantitative estimate of drug-likeness (QED) is 0.129. The molecule has 0 atom stereocenters. The van der Waals surface area contributed by atoms with Crippen molar-refractivity contribution in [2.75, 3.05) is 9.80 Å². The number of rotatable bonds is 11. The van der Waals surface area contributed by atoms with Gasteiger partial charge in [-0.3, -0.25) is 0 Å². The molecule has 1 heterocycles. The lowest BCUT2D eigenvalue weighted by molar-refractivity contribution is 0.590. The standard InChI is InChI=1S/C83H78N4/c1-80(2,3)60-33-41-64(42-34-60)85(65-43-35-61(36-44-65)81(4,5)6)68-49-51-73-70(53-68)71-54-69(86(66-45-37-62(38-46-66)82(7,8)9)67-47-39-63(40-48-67)83(10,11)12)50-52-74(71)87(73)79-77(58-29-21-15-22-30-58)75(56-25-17-13-18-26-56)72(55-84)76(57-27-19-14-20-28-57)78(79)59-31-23-16-24-32-59/h13-54H,1-12H3. The Labute approximate surface area is 516 Å². The molecule has 0 N–H and O–H groups in total. The monoisotopic (exact) mass is 1130 g/mol. The molecule has 1 aromatic heterocycles. The van der Waals surface area contributed by atoms with E-state index in [1.807, 2.05) is 0 Å². The first-order valence-corrected chi connectivity index (χ1v) is 30.6. The normalized spacial score (nSPS) is 12.1. The molecule has 4 heteroatoms. The van der Waals surface area contributed by atoms with Gasteiger partial charge >= 0.3 is 0 Å². The van der Waals surface area contributed by atoms with E-state index in [0.717, 1.165) is 106 Å². The minimum absolute atomic E-state index is 0.0172. The van der Waals surface area contributed by atoms with Crippen molar-refractivity contribution in [1.29, 1.82) is 5.26 Å². The van der Waals surface area contributed by atoms with Gasteiger partial charge in [-0.25, -0.2) is 0 Å². The van der Waals surface area contributed by atoms with Crippen molar-refractivity contribution in [3.8, 4) is 56.3 Å². The molecule has 430 valence electrons. The second kappa shape index (κ2) is 22.6. The summed E-state index contributed by atoms with van der Waals surface area (Å²) < 4.78 is 2.52. The summed E-state index contributed by atoms with van der Waals surface area (Å²) in [6.45, 7) is 27.3. The van der Waals surface area contributed by atoms with E-state index >= 15 is 0 Å². The van der Waals surface area contributed by atoms with Gasteiger partial charge < -0.3 is 14.4 Å². The summed E-state index contributed by atoms with van der Waals surface area (Å²) in [5.41, 5.74) is 22.7. The zero-order chi connectivity index (χ0) is 61.0. The van der Waals surface area contributed by atoms with Crippen LogP contribution in [0, 0.1) is 11.3 Å². The maximum absolute atomic E-state index is 11.9. The molecular formula is C83H78N4. The lowest BCUT2D eigenvalue weighted by atomic mass is 9.79. The van der Waals surface area contributed by atoms with Crippen LogP contribution in [0.4, 0.5) is 34.1 Å². The van der Waals surface area contributed by atoms with Crippen molar-refractivity contribution in [2.24, 2.45) is 0 Å². The number of nitrogens with zero attached hydrogens (tertiary/aromatic N) is 4. The highest BCUT2D eigenvalue weighted by Gasteiger charge is 2.32. The predicted molar refractivity (Wildman–Crippen MR) is 371 cm³/mol. The second-order valence-corrected chi connectivity index (χ2v) is 27.4. The van der Waals surface area contributed by atoms with Gasteiger partial charge in [0.1, 0.15) is 6.07 Å². The molecule has 11 aromatic carbocycles. The molecule has 0 saturated carbocycles. The molecule has 87 heavy (non-hydrogen) atoms. The number of hydrogen-bond acceptors (Lipinski definition) is 3.